The van der Waals surface area contributed by atoms with Crippen LogP contribution < -0.4 is 5.46 Å². The number of aromatic nitrogens is 2. The zero-order valence-electron chi connectivity index (χ0n) is 21.4. The van der Waals surface area contributed by atoms with Crippen molar-refractivity contribution in [2.75, 3.05) is 0 Å². The molecule has 0 bridgehead atoms. The molecule has 5 heteroatoms. The molecular formula is C32H27BN2O2. The van der Waals surface area contributed by atoms with Gasteiger partial charge in [0.2, 0.25) is 0 Å². The standard InChI is InChI=1S/C32H27BN2O2/c1-30(2)31(3,4)37-33(36-30)20-17-18-22-21-11-5-6-12-23(21)32(25(22)19-20)24-13-7-9-15-27(24)35-28-16-10-8-14-26(28)34-29(32)35/h5-19H,1-4H3. The van der Waals surface area contributed by atoms with Crippen LogP contribution in [0.1, 0.15) is 50.2 Å². The third-order valence-corrected chi connectivity index (χ3v) is 9.04. The van der Waals surface area contributed by atoms with Crippen molar-refractivity contribution in [2.24, 2.45) is 0 Å². The van der Waals surface area contributed by atoms with Crippen molar-refractivity contribution in [3.63, 3.8) is 0 Å². The van der Waals surface area contributed by atoms with Crippen LogP contribution in [-0.4, -0.2) is 27.9 Å². The number of nitrogens with zero attached hydrogens (tertiary/aromatic N) is 2. The first kappa shape index (κ1) is 21.4. The third kappa shape index (κ3) is 2.49. The van der Waals surface area contributed by atoms with E-state index in [4.69, 9.17) is 14.3 Å². The highest BCUT2D eigenvalue weighted by Crippen LogP contribution is 2.60. The number of para-hydroxylation sites is 3. The molecule has 4 nitrogen and oxygen atoms in total. The van der Waals surface area contributed by atoms with Gasteiger partial charge in [-0.15, -0.1) is 0 Å². The zero-order valence-corrected chi connectivity index (χ0v) is 21.4. The summed E-state index contributed by atoms with van der Waals surface area (Å²) in [5.41, 5.74) is 9.35. The molecule has 1 aromatic heterocycles. The Kier molecular flexibility index (Phi) is 3.94. The van der Waals surface area contributed by atoms with Crippen LogP contribution in [0.4, 0.5) is 0 Å². The Morgan fingerprint density at radius 1 is 0.676 bits per heavy atom. The number of benzene rings is 4. The van der Waals surface area contributed by atoms with Gasteiger partial charge in [-0.1, -0.05) is 72.8 Å². The predicted molar refractivity (Wildman–Crippen MR) is 148 cm³/mol. The lowest BCUT2D eigenvalue weighted by molar-refractivity contribution is 0.00578. The second-order valence-electron chi connectivity index (χ2n) is 11.5. The molecule has 1 atom stereocenters. The third-order valence-electron chi connectivity index (χ3n) is 9.04. The summed E-state index contributed by atoms with van der Waals surface area (Å²) in [5, 5.41) is 0. The van der Waals surface area contributed by atoms with Gasteiger partial charge in [0.1, 0.15) is 11.2 Å². The van der Waals surface area contributed by atoms with Crippen LogP contribution in [0.15, 0.2) is 91.0 Å². The van der Waals surface area contributed by atoms with Gasteiger partial charge in [-0.2, -0.15) is 0 Å². The van der Waals surface area contributed by atoms with Crippen molar-refractivity contribution in [1.82, 2.24) is 9.55 Å². The Balaban J connectivity index is 1.46. The molecule has 1 fully saturated rings. The fourth-order valence-electron chi connectivity index (χ4n) is 6.58. The lowest BCUT2D eigenvalue weighted by Gasteiger charge is -2.32. The fraction of sp³-hybridized carbons (Fsp3) is 0.219. The van der Waals surface area contributed by atoms with Gasteiger partial charge in [0.25, 0.3) is 0 Å². The van der Waals surface area contributed by atoms with Crippen molar-refractivity contribution in [1.29, 1.82) is 0 Å². The van der Waals surface area contributed by atoms with Crippen LogP contribution in [0.25, 0.3) is 27.8 Å². The van der Waals surface area contributed by atoms with Crippen LogP contribution in [0.3, 0.4) is 0 Å². The molecule has 1 aliphatic carbocycles. The summed E-state index contributed by atoms with van der Waals surface area (Å²) in [6.45, 7) is 8.42. The van der Waals surface area contributed by atoms with Gasteiger partial charge in [-0.25, -0.2) is 4.98 Å². The maximum Gasteiger partial charge on any atom is 0.494 e. The summed E-state index contributed by atoms with van der Waals surface area (Å²) >= 11 is 0. The Hall–Kier alpha value is -3.67. The van der Waals surface area contributed by atoms with E-state index in [1.54, 1.807) is 0 Å². The maximum absolute atomic E-state index is 6.48. The Morgan fingerprint density at radius 3 is 2.14 bits per heavy atom. The summed E-state index contributed by atoms with van der Waals surface area (Å²) in [6, 6.07) is 32.7. The SMILES string of the molecule is CC1(C)OB(c2ccc3c(c2)C2(c4ccccc4-3)c3ccccc3-n3c2nc2ccccc23)OC1(C)C. The predicted octanol–water partition coefficient (Wildman–Crippen LogP) is 6.00. The molecule has 8 rings (SSSR count). The Bertz CT molecular complexity index is 1750. The van der Waals surface area contributed by atoms with E-state index in [1.807, 2.05) is 0 Å². The van der Waals surface area contributed by atoms with Crippen molar-refractivity contribution < 1.29 is 9.31 Å². The number of rotatable bonds is 1. The van der Waals surface area contributed by atoms with Gasteiger partial charge < -0.3 is 9.31 Å². The number of hydrogen-bond acceptors (Lipinski definition) is 3. The van der Waals surface area contributed by atoms with Crippen LogP contribution >= 0.6 is 0 Å². The van der Waals surface area contributed by atoms with E-state index in [-0.39, 0.29) is 0 Å². The first-order valence-electron chi connectivity index (χ1n) is 13.0. The summed E-state index contributed by atoms with van der Waals surface area (Å²) in [6.07, 6.45) is 0. The first-order valence-corrected chi connectivity index (χ1v) is 13.0. The molecule has 1 saturated heterocycles. The number of imidazole rings is 1. The summed E-state index contributed by atoms with van der Waals surface area (Å²) in [7, 11) is -0.425. The quantitative estimate of drug-likeness (QED) is 0.269. The highest BCUT2D eigenvalue weighted by Gasteiger charge is 2.56. The minimum Gasteiger partial charge on any atom is -0.399 e. The van der Waals surface area contributed by atoms with Crippen LogP contribution in [0.2, 0.25) is 0 Å². The normalized spacial score (nSPS) is 21.8. The molecule has 4 aromatic carbocycles. The van der Waals surface area contributed by atoms with E-state index in [9.17, 15) is 0 Å². The maximum atomic E-state index is 6.48. The Morgan fingerprint density at radius 2 is 1.32 bits per heavy atom. The average molecular weight is 482 g/mol. The molecule has 3 aliphatic rings. The fourth-order valence-corrected chi connectivity index (χ4v) is 6.58. The molecule has 0 radical (unpaired) electrons. The van der Waals surface area contributed by atoms with E-state index in [0.717, 1.165) is 22.3 Å². The first-order chi connectivity index (χ1) is 17.8. The van der Waals surface area contributed by atoms with Gasteiger partial charge in [-0.3, -0.25) is 4.57 Å². The van der Waals surface area contributed by atoms with Gasteiger partial charge >= 0.3 is 7.12 Å². The minimum absolute atomic E-state index is 0.398. The van der Waals surface area contributed by atoms with Crippen LogP contribution in [0.5, 0.6) is 0 Å². The Labute approximate surface area is 217 Å². The summed E-state index contributed by atoms with van der Waals surface area (Å²) < 4.78 is 15.3. The smallest absolute Gasteiger partial charge is 0.399 e. The van der Waals surface area contributed by atoms with Crippen molar-refractivity contribution in [2.45, 2.75) is 44.3 Å². The largest absolute Gasteiger partial charge is 0.494 e. The number of hydrogen-bond donors (Lipinski definition) is 0. The molecule has 37 heavy (non-hydrogen) atoms. The van der Waals surface area contributed by atoms with Crippen LogP contribution in [0, 0.1) is 0 Å². The van der Waals surface area contributed by atoms with Crippen molar-refractivity contribution in [3.05, 3.63) is 114 Å². The second-order valence-corrected chi connectivity index (χ2v) is 11.5. The van der Waals surface area contributed by atoms with Gasteiger partial charge in [0, 0.05) is 0 Å². The molecule has 0 N–H and O–H groups in total. The van der Waals surface area contributed by atoms with Crippen molar-refractivity contribution in [3.8, 4) is 16.8 Å². The highest BCUT2D eigenvalue weighted by molar-refractivity contribution is 6.62. The summed E-state index contributed by atoms with van der Waals surface area (Å²) in [4.78, 5) is 5.31. The highest BCUT2D eigenvalue weighted by atomic mass is 16.7. The average Bonchev–Trinajstić information content (AvgIpc) is 3.56. The minimum atomic E-state index is -0.513. The zero-order chi connectivity index (χ0) is 25.2. The van der Waals surface area contributed by atoms with E-state index >= 15 is 0 Å². The van der Waals surface area contributed by atoms with Crippen LogP contribution in [-0.2, 0) is 14.7 Å². The lowest BCUT2D eigenvalue weighted by atomic mass is 9.70. The molecule has 3 heterocycles. The molecular weight excluding hydrogens is 455 g/mol. The lowest BCUT2D eigenvalue weighted by Crippen LogP contribution is -2.41. The van der Waals surface area contributed by atoms with Gasteiger partial charge in [0.15, 0.2) is 0 Å². The van der Waals surface area contributed by atoms with E-state index < -0.39 is 23.7 Å². The molecule has 0 saturated carbocycles. The molecule has 5 aromatic rings. The topological polar surface area (TPSA) is 36.3 Å². The molecule has 1 spiro atoms. The number of fused-ring (bicyclic) bond motifs is 12. The van der Waals surface area contributed by atoms with E-state index in [2.05, 4.69) is 123 Å². The van der Waals surface area contributed by atoms with Gasteiger partial charge in [-0.05, 0) is 79.2 Å². The van der Waals surface area contributed by atoms with Crippen molar-refractivity contribution >= 4 is 23.6 Å². The van der Waals surface area contributed by atoms with E-state index in [1.165, 1.54) is 33.5 Å². The summed E-state index contributed by atoms with van der Waals surface area (Å²) in [5.74, 6) is 1.05. The van der Waals surface area contributed by atoms with E-state index in [0.29, 0.717) is 0 Å². The molecule has 2 aliphatic heterocycles. The second kappa shape index (κ2) is 6.80. The molecule has 0 amide bonds. The van der Waals surface area contributed by atoms with Gasteiger partial charge in [0.05, 0.1) is 27.9 Å². The molecule has 180 valence electrons. The monoisotopic (exact) mass is 482 g/mol. The molecule has 1 unspecified atom stereocenters.